The van der Waals surface area contributed by atoms with Crippen molar-refractivity contribution >= 4 is 5.69 Å². The van der Waals surface area contributed by atoms with Crippen molar-refractivity contribution in [2.24, 2.45) is 0 Å². The van der Waals surface area contributed by atoms with Crippen LogP contribution in [-0.4, -0.2) is 25.2 Å². The Morgan fingerprint density at radius 3 is 2.53 bits per heavy atom. The van der Waals surface area contributed by atoms with Crippen molar-refractivity contribution in [1.82, 2.24) is 5.32 Å². The number of phenols is 1. The van der Waals surface area contributed by atoms with E-state index in [4.69, 9.17) is 0 Å². The molecule has 1 saturated heterocycles. The van der Waals surface area contributed by atoms with Crippen LogP contribution < -0.4 is 10.2 Å². The molecule has 1 aromatic carbocycles. The van der Waals surface area contributed by atoms with Crippen LogP contribution in [-0.2, 0) is 0 Å². The summed E-state index contributed by atoms with van der Waals surface area (Å²) in [7, 11) is 1.91. The van der Waals surface area contributed by atoms with Gasteiger partial charge in [-0.1, -0.05) is 6.07 Å². The van der Waals surface area contributed by atoms with E-state index in [1.165, 1.54) is 19.3 Å². The lowest BCUT2D eigenvalue weighted by molar-refractivity contribution is 0.457. The van der Waals surface area contributed by atoms with Crippen LogP contribution in [0.2, 0.25) is 0 Å². The van der Waals surface area contributed by atoms with Gasteiger partial charge in [-0.15, -0.1) is 0 Å². The number of piperidine rings is 1. The Morgan fingerprint density at radius 2 is 1.94 bits per heavy atom. The molecule has 3 nitrogen and oxygen atoms in total. The highest BCUT2D eigenvalue weighted by atomic mass is 16.3. The molecule has 2 N–H and O–H groups in total. The van der Waals surface area contributed by atoms with Crippen LogP contribution in [0.4, 0.5) is 5.69 Å². The summed E-state index contributed by atoms with van der Waals surface area (Å²) in [5.41, 5.74) is 2.11. The van der Waals surface area contributed by atoms with Crippen LogP contribution in [0.15, 0.2) is 18.2 Å². The summed E-state index contributed by atoms with van der Waals surface area (Å²) in [6.45, 7) is 4.27. The third-order valence-corrected chi connectivity index (χ3v) is 3.63. The number of anilines is 1. The summed E-state index contributed by atoms with van der Waals surface area (Å²) in [6, 6.07) is 6.23. The van der Waals surface area contributed by atoms with E-state index in [-0.39, 0.29) is 6.04 Å². The third kappa shape index (κ3) is 2.72. The van der Waals surface area contributed by atoms with Crippen molar-refractivity contribution in [3.63, 3.8) is 0 Å². The summed E-state index contributed by atoms with van der Waals surface area (Å²) >= 11 is 0. The fourth-order valence-electron chi connectivity index (χ4n) is 2.40. The number of benzene rings is 1. The van der Waals surface area contributed by atoms with Crippen LogP contribution >= 0.6 is 0 Å². The molecule has 0 radical (unpaired) electrons. The Labute approximate surface area is 103 Å². The smallest absolute Gasteiger partial charge is 0.122 e. The average molecular weight is 234 g/mol. The normalized spacial score (nSPS) is 18.1. The summed E-state index contributed by atoms with van der Waals surface area (Å²) in [5.74, 6) is 0.398. The molecule has 1 fully saturated rings. The van der Waals surface area contributed by atoms with E-state index in [0.29, 0.717) is 5.75 Å². The Balaban J connectivity index is 2.17. The largest absolute Gasteiger partial charge is 0.508 e. The summed E-state index contributed by atoms with van der Waals surface area (Å²) in [5, 5.41) is 13.2. The molecule has 0 amide bonds. The maximum Gasteiger partial charge on any atom is 0.122 e. The molecule has 2 rings (SSSR count). The van der Waals surface area contributed by atoms with E-state index >= 15 is 0 Å². The number of nitrogens with one attached hydrogen (secondary N) is 1. The highest BCUT2D eigenvalue weighted by Gasteiger charge is 2.14. The fraction of sp³-hybridized carbons (Fsp3) is 0.571. The van der Waals surface area contributed by atoms with Gasteiger partial charge in [0, 0.05) is 36.4 Å². The maximum absolute atomic E-state index is 10.1. The van der Waals surface area contributed by atoms with Gasteiger partial charge in [0.1, 0.15) is 5.75 Å². The van der Waals surface area contributed by atoms with Gasteiger partial charge in [-0.3, -0.25) is 0 Å². The Bertz CT molecular complexity index is 372. The average Bonchev–Trinajstić information content (AvgIpc) is 2.39. The molecule has 0 spiro atoms. The minimum absolute atomic E-state index is 0.186. The van der Waals surface area contributed by atoms with Gasteiger partial charge in [-0.05, 0) is 39.3 Å². The van der Waals surface area contributed by atoms with Gasteiger partial charge in [0.15, 0.2) is 0 Å². The fourth-order valence-corrected chi connectivity index (χ4v) is 2.40. The second-order valence-electron chi connectivity index (χ2n) is 4.80. The van der Waals surface area contributed by atoms with Crippen LogP contribution in [0.5, 0.6) is 5.75 Å². The summed E-state index contributed by atoms with van der Waals surface area (Å²) < 4.78 is 0. The van der Waals surface area contributed by atoms with Crippen molar-refractivity contribution in [1.29, 1.82) is 0 Å². The number of phenolic OH excluding ortho intramolecular Hbond substituents is 1. The van der Waals surface area contributed by atoms with E-state index in [9.17, 15) is 5.11 Å². The first-order valence-electron chi connectivity index (χ1n) is 6.47. The first kappa shape index (κ1) is 12.2. The quantitative estimate of drug-likeness (QED) is 0.844. The Morgan fingerprint density at radius 1 is 1.24 bits per heavy atom. The molecule has 1 aliphatic rings. The van der Waals surface area contributed by atoms with Crippen molar-refractivity contribution in [3.8, 4) is 5.75 Å². The zero-order chi connectivity index (χ0) is 12.3. The van der Waals surface area contributed by atoms with Gasteiger partial charge in [0.05, 0.1) is 0 Å². The van der Waals surface area contributed by atoms with E-state index in [2.05, 4.69) is 23.2 Å². The van der Waals surface area contributed by atoms with Crippen molar-refractivity contribution < 1.29 is 5.11 Å². The van der Waals surface area contributed by atoms with Gasteiger partial charge in [0.25, 0.3) is 0 Å². The van der Waals surface area contributed by atoms with E-state index in [1.807, 2.05) is 19.2 Å². The molecular weight excluding hydrogens is 212 g/mol. The van der Waals surface area contributed by atoms with Gasteiger partial charge in [-0.25, -0.2) is 0 Å². The van der Waals surface area contributed by atoms with Crippen LogP contribution in [0.3, 0.4) is 0 Å². The van der Waals surface area contributed by atoms with E-state index in [1.54, 1.807) is 0 Å². The zero-order valence-corrected chi connectivity index (χ0v) is 10.7. The molecule has 0 bridgehead atoms. The standard InChI is InChI=1S/C14H22N2O/c1-11(15-2)13-7-6-12(10-14(13)17)16-8-4-3-5-9-16/h6-7,10-11,15,17H,3-5,8-9H2,1-2H3. The van der Waals surface area contributed by atoms with Crippen molar-refractivity contribution in [2.75, 3.05) is 25.0 Å². The van der Waals surface area contributed by atoms with Gasteiger partial charge < -0.3 is 15.3 Å². The Kier molecular flexibility index (Phi) is 3.89. The molecule has 1 heterocycles. The lowest BCUT2D eigenvalue weighted by atomic mass is 10.0. The second-order valence-corrected chi connectivity index (χ2v) is 4.80. The highest BCUT2D eigenvalue weighted by molar-refractivity contribution is 5.54. The van der Waals surface area contributed by atoms with Crippen LogP contribution in [0.1, 0.15) is 37.8 Å². The summed E-state index contributed by atoms with van der Waals surface area (Å²) in [4.78, 5) is 2.36. The monoisotopic (exact) mass is 234 g/mol. The maximum atomic E-state index is 10.1. The lowest BCUT2D eigenvalue weighted by Gasteiger charge is -2.29. The molecule has 1 unspecified atom stereocenters. The minimum atomic E-state index is 0.186. The summed E-state index contributed by atoms with van der Waals surface area (Å²) in [6.07, 6.45) is 3.85. The molecule has 3 heteroatoms. The first-order valence-corrected chi connectivity index (χ1v) is 6.47. The molecule has 17 heavy (non-hydrogen) atoms. The molecule has 1 atom stereocenters. The SMILES string of the molecule is CNC(C)c1ccc(N2CCCCC2)cc1O. The number of hydrogen-bond acceptors (Lipinski definition) is 3. The topological polar surface area (TPSA) is 35.5 Å². The zero-order valence-electron chi connectivity index (χ0n) is 10.7. The predicted molar refractivity (Wildman–Crippen MR) is 71.6 cm³/mol. The van der Waals surface area contributed by atoms with Gasteiger partial charge in [-0.2, -0.15) is 0 Å². The first-order chi connectivity index (χ1) is 8.22. The van der Waals surface area contributed by atoms with Crippen molar-refractivity contribution in [3.05, 3.63) is 23.8 Å². The van der Waals surface area contributed by atoms with Gasteiger partial charge in [0.2, 0.25) is 0 Å². The molecule has 1 aliphatic heterocycles. The molecule has 1 aromatic rings. The van der Waals surface area contributed by atoms with Crippen LogP contribution in [0, 0.1) is 0 Å². The second kappa shape index (κ2) is 5.41. The van der Waals surface area contributed by atoms with E-state index in [0.717, 1.165) is 24.3 Å². The van der Waals surface area contributed by atoms with Gasteiger partial charge >= 0.3 is 0 Å². The molecule has 0 aliphatic carbocycles. The molecule has 0 saturated carbocycles. The number of aromatic hydroxyl groups is 1. The molecule has 94 valence electrons. The number of nitrogens with zero attached hydrogens (tertiary/aromatic N) is 1. The Hall–Kier alpha value is -1.22. The number of hydrogen-bond donors (Lipinski definition) is 2. The third-order valence-electron chi connectivity index (χ3n) is 3.63. The van der Waals surface area contributed by atoms with Crippen molar-refractivity contribution in [2.45, 2.75) is 32.2 Å². The van der Waals surface area contributed by atoms with Crippen LogP contribution in [0.25, 0.3) is 0 Å². The predicted octanol–water partition coefficient (Wildman–Crippen LogP) is 2.66. The highest BCUT2D eigenvalue weighted by Crippen LogP contribution is 2.30. The lowest BCUT2D eigenvalue weighted by Crippen LogP contribution is -2.29. The number of rotatable bonds is 3. The minimum Gasteiger partial charge on any atom is -0.508 e. The molecule has 0 aromatic heterocycles. The molecular formula is C14H22N2O. The van der Waals surface area contributed by atoms with E-state index < -0.39 is 0 Å².